The molecule has 5 heteroatoms. The number of nitrogens with two attached hydrogens (primary N) is 1. The van der Waals surface area contributed by atoms with Gasteiger partial charge in [0.1, 0.15) is 5.75 Å². The number of anilines is 1. The molecule has 2 aromatic rings. The third kappa shape index (κ3) is 2.42. The first-order chi connectivity index (χ1) is 9.74. The Labute approximate surface area is 117 Å². The molecule has 2 N–H and O–H groups in total. The first-order valence-electron chi connectivity index (χ1n) is 6.43. The lowest BCUT2D eigenvalue weighted by atomic mass is 10.1. The van der Waals surface area contributed by atoms with E-state index >= 15 is 0 Å². The minimum Gasteiger partial charge on any atom is -0.477 e. The van der Waals surface area contributed by atoms with Crippen LogP contribution in [0.25, 0.3) is 0 Å². The predicted octanol–water partition coefficient (Wildman–Crippen LogP) is 1.33. The Balaban J connectivity index is 1.91. The summed E-state index contributed by atoms with van der Waals surface area (Å²) in [4.78, 5) is 17.6. The van der Waals surface area contributed by atoms with Crippen molar-refractivity contribution >= 4 is 11.6 Å². The number of primary amides is 1. The van der Waals surface area contributed by atoms with Crippen molar-refractivity contribution in [1.82, 2.24) is 4.98 Å². The van der Waals surface area contributed by atoms with Crippen molar-refractivity contribution in [2.24, 2.45) is 5.73 Å². The van der Waals surface area contributed by atoms with Crippen LogP contribution in [0.5, 0.6) is 5.75 Å². The monoisotopic (exact) mass is 269 g/mol. The maximum atomic E-state index is 11.4. The number of para-hydroxylation sites is 2. The first kappa shape index (κ1) is 12.5. The van der Waals surface area contributed by atoms with Gasteiger partial charge in [-0.15, -0.1) is 0 Å². The molecular formula is C15H15N3O2. The summed E-state index contributed by atoms with van der Waals surface area (Å²) in [6, 6.07) is 11.6. The van der Waals surface area contributed by atoms with Gasteiger partial charge in [-0.25, -0.2) is 0 Å². The summed E-state index contributed by atoms with van der Waals surface area (Å²) in [5.41, 5.74) is 7.42. The van der Waals surface area contributed by atoms with Gasteiger partial charge in [0.2, 0.25) is 0 Å². The van der Waals surface area contributed by atoms with E-state index in [1.165, 1.54) is 0 Å². The zero-order valence-corrected chi connectivity index (χ0v) is 10.9. The van der Waals surface area contributed by atoms with E-state index in [1.54, 1.807) is 6.20 Å². The number of benzene rings is 1. The second-order valence-corrected chi connectivity index (χ2v) is 4.72. The van der Waals surface area contributed by atoms with Gasteiger partial charge < -0.3 is 15.4 Å². The first-order valence-corrected chi connectivity index (χ1v) is 6.43. The molecule has 0 aliphatic carbocycles. The summed E-state index contributed by atoms with van der Waals surface area (Å²) in [6.45, 7) is 1.11. The third-order valence-corrected chi connectivity index (χ3v) is 3.27. The van der Waals surface area contributed by atoms with E-state index in [2.05, 4.69) is 9.88 Å². The quantitative estimate of drug-likeness (QED) is 0.912. The zero-order chi connectivity index (χ0) is 13.9. The molecule has 20 heavy (non-hydrogen) atoms. The molecule has 0 radical (unpaired) electrons. The number of hydrogen-bond donors (Lipinski definition) is 1. The van der Waals surface area contributed by atoms with Crippen molar-refractivity contribution in [3.63, 3.8) is 0 Å². The van der Waals surface area contributed by atoms with Crippen molar-refractivity contribution in [1.29, 1.82) is 0 Å². The minimum atomic E-state index is -0.624. The Morgan fingerprint density at radius 3 is 2.95 bits per heavy atom. The SMILES string of the molecule is NC(=O)C1CN(Cc2cccnc2)c2ccccc2O1. The van der Waals surface area contributed by atoms with Crippen LogP contribution in [0.15, 0.2) is 48.8 Å². The highest BCUT2D eigenvalue weighted by atomic mass is 16.5. The average Bonchev–Trinajstić information content (AvgIpc) is 2.48. The molecule has 1 aliphatic heterocycles. The van der Waals surface area contributed by atoms with E-state index in [0.717, 1.165) is 11.3 Å². The number of rotatable bonds is 3. The van der Waals surface area contributed by atoms with Crippen LogP contribution in [-0.2, 0) is 11.3 Å². The summed E-state index contributed by atoms with van der Waals surface area (Å²) in [6.07, 6.45) is 2.93. The second-order valence-electron chi connectivity index (χ2n) is 4.72. The lowest BCUT2D eigenvalue weighted by Crippen LogP contribution is -2.46. The van der Waals surface area contributed by atoms with E-state index < -0.39 is 12.0 Å². The summed E-state index contributed by atoms with van der Waals surface area (Å²) in [5, 5.41) is 0. The van der Waals surface area contributed by atoms with Crippen molar-refractivity contribution in [3.05, 3.63) is 54.4 Å². The Morgan fingerprint density at radius 1 is 1.35 bits per heavy atom. The van der Waals surface area contributed by atoms with Crippen LogP contribution in [0, 0.1) is 0 Å². The summed E-state index contributed by atoms with van der Waals surface area (Å²) in [7, 11) is 0. The van der Waals surface area contributed by atoms with Gasteiger partial charge in [-0.3, -0.25) is 9.78 Å². The van der Waals surface area contributed by atoms with Crippen LogP contribution in [0.1, 0.15) is 5.56 Å². The predicted molar refractivity (Wildman–Crippen MR) is 75.3 cm³/mol. The fourth-order valence-electron chi connectivity index (χ4n) is 2.32. The molecule has 5 nitrogen and oxygen atoms in total. The molecule has 0 spiro atoms. The molecule has 1 amide bonds. The fourth-order valence-corrected chi connectivity index (χ4v) is 2.32. The largest absolute Gasteiger partial charge is 0.477 e. The number of nitrogens with zero attached hydrogens (tertiary/aromatic N) is 2. The van der Waals surface area contributed by atoms with E-state index in [1.807, 2.05) is 42.6 Å². The number of amides is 1. The molecule has 1 aromatic heterocycles. The Kier molecular flexibility index (Phi) is 3.25. The molecule has 1 unspecified atom stereocenters. The summed E-state index contributed by atoms with van der Waals surface area (Å²) < 4.78 is 5.63. The number of pyridine rings is 1. The van der Waals surface area contributed by atoms with Crippen LogP contribution in [-0.4, -0.2) is 23.5 Å². The topological polar surface area (TPSA) is 68.5 Å². The second kappa shape index (κ2) is 5.21. The van der Waals surface area contributed by atoms with Crippen LogP contribution in [0.3, 0.4) is 0 Å². The highest BCUT2D eigenvalue weighted by Gasteiger charge is 2.28. The number of fused-ring (bicyclic) bond motifs is 1. The molecule has 2 heterocycles. The van der Waals surface area contributed by atoms with Gasteiger partial charge in [-0.2, -0.15) is 0 Å². The number of hydrogen-bond acceptors (Lipinski definition) is 4. The molecule has 0 fully saturated rings. The smallest absolute Gasteiger partial charge is 0.260 e. The Hall–Kier alpha value is -2.56. The highest BCUT2D eigenvalue weighted by molar-refractivity contribution is 5.81. The highest BCUT2D eigenvalue weighted by Crippen LogP contribution is 2.33. The molecule has 0 bridgehead atoms. The van der Waals surface area contributed by atoms with Crippen LogP contribution in [0.4, 0.5) is 5.69 Å². The minimum absolute atomic E-state index is 0.446. The lowest BCUT2D eigenvalue weighted by molar-refractivity contribution is -0.124. The summed E-state index contributed by atoms with van der Waals surface area (Å²) in [5.74, 6) is 0.238. The molecule has 1 atom stereocenters. The van der Waals surface area contributed by atoms with E-state index in [9.17, 15) is 4.79 Å². The Bertz CT molecular complexity index is 616. The fraction of sp³-hybridized carbons (Fsp3) is 0.200. The van der Waals surface area contributed by atoms with Gasteiger partial charge in [0.25, 0.3) is 5.91 Å². The van der Waals surface area contributed by atoms with Gasteiger partial charge in [-0.1, -0.05) is 18.2 Å². The maximum Gasteiger partial charge on any atom is 0.260 e. The average molecular weight is 269 g/mol. The molecular weight excluding hydrogens is 254 g/mol. The van der Waals surface area contributed by atoms with Crippen LogP contribution < -0.4 is 15.4 Å². The third-order valence-electron chi connectivity index (χ3n) is 3.27. The number of carbonyl (C=O) groups is 1. The van der Waals surface area contributed by atoms with Gasteiger partial charge in [0.05, 0.1) is 12.2 Å². The standard InChI is InChI=1S/C15H15N3O2/c16-15(19)14-10-18(9-11-4-3-7-17-8-11)12-5-1-2-6-13(12)20-14/h1-8,14H,9-10H2,(H2,16,19). The molecule has 1 aromatic carbocycles. The van der Waals surface area contributed by atoms with Crippen molar-refractivity contribution in [3.8, 4) is 5.75 Å². The van der Waals surface area contributed by atoms with Gasteiger partial charge >= 0.3 is 0 Å². The van der Waals surface area contributed by atoms with E-state index in [4.69, 9.17) is 10.5 Å². The Morgan fingerprint density at radius 2 is 2.20 bits per heavy atom. The lowest BCUT2D eigenvalue weighted by Gasteiger charge is -2.35. The normalized spacial score (nSPS) is 17.2. The van der Waals surface area contributed by atoms with E-state index in [-0.39, 0.29) is 0 Å². The van der Waals surface area contributed by atoms with E-state index in [0.29, 0.717) is 18.8 Å². The molecule has 0 saturated carbocycles. The zero-order valence-electron chi connectivity index (χ0n) is 10.9. The van der Waals surface area contributed by atoms with Crippen molar-refractivity contribution in [2.45, 2.75) is 12.6 Å². The van der Waals surface area contributed by atoms with Gasteiger partial charge in [0, 0.05) is 18.9 Å². The molecule has 0 saturated heterocycles. The molecule has 102 valence electrons. The summed E-state index contributed by atoms with van der Waals surface area (Å²) >= 11 is 0. The molecule has 1 aliphatic rings. The number of carbonyl (C=O) groups excluding carboxylic acids is 1. The number of aromatic nitrogens is 1. The maximum absolute atomic E-state index is 11.4. The van der Waals surface area contributed by atoms with Crippen molar-refractivity contribution in [2.75, 3.05) is 11.4 Å². The van der Waals surface area contributed by atoms with Crippen LogP contribution >= 0.6 is 0 Å². The number of ether oxygens (including phenoxy) is 1. The van der Waals surface area contributed by atoms with Crippen molar-refractivity contribution < 1.29 is 9.53 Å². The van der Waals surface area contributed by atoms with Gasteiger partial charge in [-0.05, 0) is 23.8 Å². The molecule has 3 rings (SSSR count). The van der Waals surface area contributed by atoms with Crippen LogP contribution in [0.2, 0.25) is 0 Å². The van der Waals surface area contributed by atoms with Gasteiger partial charge in [0.15, 0.2) is 6.10 Å².